The first-order chi connectivity index (χ1) is 10.4. The number of pyridine rings is 1. The van der Waals surface area contributed by atoms with Gasteiger partial charge in [-0.1, -0.05) is 42.5 Å². The molecule has 3 heteroatoms. The van der Waals surface area contributed by atoms with E-state index in [-0.39, 0.29) is 5.56 Å². The Labute approximate surface area is 127 Å². The Kier molecular flexibility index (Phi) is 2.51. The van der Waals surface area contributed by atoms with E-state index in [9.17, 15) is 0 Å². The zero-order chi connectivity index (χ0) is 15.5. The summed E-state index contributed by atoms with van der Waals surface area (Å²) in [6.45, 7) is 3.20. The fourth-order valence-electron chi connectivity index (χ4n) is 3.30. The summed E-state index contributed by atoms with van der Waals surface area (Å²) in [5.41, 5.74) is 1.36. The monoisotopic (exact) mass is 295 g/mol. The zero-order valence-electron chi connectivity index (χ0n) is 12.4. The van der Waals surface area contributed by atoms with Gasteiger partial charge in [0.15, 0.2) is 0 Å². The normalized spacial score (nSPS) is 17.8. The number of para-hydroxylation sites is 1. The molecule has 0 unspecified atom stereocenters. The topological polar surface area (TPSA) is 12.9 Å². The number of hydrogen-bond acceptors (Lipinski definition) is 1. The van der Waals surface area contributed by atoms with Crippen LogP contribution in [0.3, 0.4) is 0 Å². The number of rotatable bonds is 0. The van der Waals surface area contributed by atoms with Gasteiger partial charge in [-0.25, -0.2) is 13.8 Å². The van der Waals surface area contributed by atoms with Crippen molar-refractivity contribution in [1.82, 2.24) is 4.98 Å². The van der Waals surface area contributed by atoms with Crippen LogP contribution in [0.2, 0.25) is 0 Å². The van der Waals surface area contributed by atoms with Gasteiger partial charge in [0.2, 0.25) is 0 Å². The first-order valence-corrected chi connectivity index (χ1v) is 7.31. The second-order valence-electron chi connectivity index (χ2n) is 6.32. The number of benzene rings is 2. The van der Waals surface area contributed by atoms with Crippen molar-refractivity contribution in [2.75, 3.05) is 0 Å². The molecule has 2 aromatic carbocycles. The molecule has 0 amide bonds. The van der Waals surface area contributed by atoms with E-state index in [0.717, 1.165) is 16.5 Å². The average Bonchev–Trinajstić information content (AvgIpc) is 2.52. The van der Waals surface area contributed by atoms with Gasteiger partial charge < -0.3 is 0 Å². The second kappa shape index (κ2) is 4.13. The fraction of sp³-hybridized carbons (Fsp3) is 0.211. The second-order valence-corrected chi connectivity index (χ2v) is 6.32. The summed E-state index contributed by atoms with van der Waals surface area (Å²) in [5.74, 6) is -2.96. The third-order valence-corrected chi connectivity index (χ3v) is 4.70. The standard InChI is InChI=1S/C19H15F2N/c1-18(2)14-9-5-4-8-13(14)17-15(19(18,20)21)11-12-7-3-6-10-16(12)22-17/h3-11H,1-2H3. The van der Waals surface area contributed by atoms with E-state index in [1.54, 1.807) is 26.0 Å². The Morgan fingerprint density at radius 1 is 0.864 bits per heavy atom. The molecular formula is C19H15F2N. The van der Waals surface area contributed by atoms with Crippen molar-refractivity contribution in [3.63, 3.8) is 0 Å². The van der Waals surface area contributed by atoms with E-state index in [1.807, 2.05) is 42.5 Å². The molecule has 0 radical (unpaired) electrons. The first kappa shape index (κ1) is 13.4. The smallest absolute Gasteiger partial charge is 0.247 e. The number of nitrogens with zero attached hydrogens (tertiary/aromatic N) is 1. The summed E-state index contributed by atoms with van der Waals surface area (Å²) in [4.78, 5) is 4.54. The predicted octanol–water partition coefficient (Wildman–Crippen LogP) is 5.28. The Bertz CT molecular complexity index is 897. The van der Waals surface area contributed by atoms with E-state index in [1.165, 1.54) is 0 Å². The number of halogens is 2. The molecule has 110 valence electrons. The maximum absolute atomic E-state index is 15.1. The number of fused-ring (bicyclic) bond motifs is 4. The lowest BCUT2D eigenvalue weighted by molar-refractivity contribution is -0.0741. The Hall–Kier alpha value is -2.29. The lowest BCUT2D eigenvalue weighted by Crippen LogP contribution is -2.41. The predicted molar refractivity (Wildman–Crippen MR) is 84.1 cm³/mol. The minimum absolute atomic E-state index is 0.0231. The van der Waals surface area contributed by atoms with Gasteiger partial charge in [0.05, 0.1) is 16.6 Å². The molecule has 0 saturated carbocycles. The maximum Gasteiger partial charge on any atom is 0.284 e. The van der Waals surface area contributed by atoms with Crippen molar-refractivity contribution in [1.29, 1.82) is 0 Å². The minimum Gasteiger partial charge on any atom is -0.247 e. The quantitative estimate of drug-likeness (QED) is 0.549. The highest BCUT2D eigenvalue weighted by Crippen LogP contribution is 2.55. The van der Waals surface area contributed by atoms with Gasteiger partial charge in [0.25, 0.3) is 5.92 Å². The Morgan fingerprint density at radius 2 is 1.55 bits per heavy atom. The van der Waals surface area contributed by atoms with Crippen LogP contribution in [-0.2, 0) is 11.3 Å². The van der Waals surface area contributed by atoms with Crippen molar-refractivity contribution in [3.8, 4) is 11.3 Å². The van der Waals surface area contributed by atoms with E-state index < -0.39 is 11.3 Å². The van der Waals surface area contributed by atoms with Gasteiger partial charge >= 0.3 is 0 Å². The van der Waals surface area contributed by atoms with Crippen molar-refractivity contribution in [3.05, 3.63) is 65.7 Å². The third-order valence-electron chi connectivity index (χ3n) is 4.70. The largest absolute Gasteiger partial charge is 0.284 e. The molecule has 4 rings (SSSR count). The van der Waals surface area contributed by atoms with Crippen molar-refractivity contribution >= 4 is 10.9 Å². The fourth-order valence-corrected chi connectivity index (χ4v) is 3.30. The van der Waals surface area contributed by atoms with Gasteiger partial charge in [-0.15, -0.1) is 0 Å². The van der Waals surface area contributed by atoms with E-state index >= 15 is 8.78 Å². The summed E-state index contributed by atoms with van der Waals surface area (Å²) in [6.07, 6.45) is 0. The molecule has 0 N–H and O–H groups in total. The molecule has 1 aliphatic carbocycles. The summed E-state index contributed by atoms with van der Waals surface area (Å²) >= 11 is 0. The van der Waals surface area contributed by atoms with Crippen LogP contribution in [0.1, 0.15) is 25.0 Å². The summed E-state index contributed by atoms with van der Waals surface area (Å²) in [7, 11) is 0. The molecule has 0 aliphatic heterocycles. The number of hydrogen-bond donors (Lipinski definition) is 0. The van der Waals surface area contributed by atoms with Gasteiger partial charge in [-0.3, -0.25) is 0 Å². The molecule has 0 fully saturated rings. The van der Waals surface area contributed by atoms with Crippen LogP contribution in [0, 0.1) is 0 Å². The molecule has 1 heterocycles. The van der Waals surface area contributed by atoms with Gasteiger partial charge in [0, 0.05) is 16.5 Å². The minimum atomic E-state index is -2.96. The van der Waals surface area contributed by atoms with E-state index in [0.29, 0.717) is 11.3 Å². The molecule has 0 atom stereocenters. The lowest BCUT2D eigenvalue weighted by atomic mass is 9.68. The highest BCUT2D eigenvalue weighted by atomic mass is 19.3. The molecule has 1 aliphatic rings. The highest BCUT2D eigenvalue weighted by molar-refractivity contribution is 5.86. The number of alkyl halides is 2. The SMILES string of the molecule is CC1(C)c2ccccc2-c2nc3ccccc3cc2C1(F)F. The van der Waals surface area contributed by atoms with Gasteiger partial charge in [0.1, 0.15) is 0 Å². The molecule has 1 nitrogen and oxygen atoms in total. The van der Waals surface area contributed by atoms with Gasteiger partial charge in [-0.2, -0.15) is 0 Å². The molecule has 3 aromatic rings. The maximum atomic E-state index is 15.1. The summed E-state index contributed by atoms with van der Waals surface area (Å²) in [5, 5.41) is 0.746. The molecule has 1 aromatic heterocycles. The molecular weight excluding hydrogens is 280 g/mol. The van der Waals surface area contributed by atoms with Gasteiger partial charge in [-0.05, 0) is 31.5 Å². The zero-order valence-corrected chi connectivity index (χ0v) is 12.4. The highest BCUT2D eigenvalue weighted by Gasteiger charge is 2.54. The molecule has 22 heavy (non-hydrogen) atoms. The molecule has 0 spiro atoms. The number of aromatic nitrogens is 1. The Morgan fingerprint density at radius 3 is 2.36 bits per heavy atom. The summed E-state index contributed by atoms with van der Waals surface area (Å²) in [6, 6.07) is 16.3. The van der Waals surface area contributed by atoms with E-state index in [2.05, 4.69) is 4.98 Å². The molecule has 0 saturated heterocycles. The first-order valence-electron chi connectivity index (χ1n) is 7.31. The van der Waals surface area contributed by atoms with Crippen LogP contribution in [0.25, 0.3) is 22.2 Å². The van der Waals surface area contributed by atoms with E-state index in [4.69, 9.17) is 0 Å². The third kappa shape index (κ3) is 1.54. The van der Waals surface area contributed by atoms with Crippen LogP contribution in [-0.4, -0.2) is 4.98 Å². The van der Waals surface area contributed by atoms with Crippen LogP contribution >= 0.6 is 0 Å². The van der Waals surface area contributed by atoms with Crippen LogP contribution < -0.4 is 0 Å². The van der Waals surface area contributed by atoms with Crippen molar-refractivity contribution in [2.45, 2.75) is 25.2 Å². The van der Waals surface area contributed by atoms with Crippen LogP contribution in [0.4, 0.5) is 8.78 Å². The molecule has 0 bridgehead atoms. The Balaban J connectivity index is 2.17. The van der Waals surface area contributed by atoms with Crippen molar-refractivity contribution < 1.29 is 8.78 Å². The van der Waals surface area contributed by atoms with Crippen molar-refractivity contribution in [2.24, 2.45) is 0 Å². The lowest BCUT2D eigenvalue weighted by Gasteiger charge is -2.40. The average molecular weight is 295 g/mol. The van der Waals surface area contributed by atoms with Crippen LogP contribution in [0.15, 0.2) is 54.6 Å². The summed E-state index contributed by atoms with van der Waals surface area (Å²) < 4.78 is 30.3. The van der Waals surface area contributed by atoms with Crippen LogP contribution in [0.5, 0.6) is 0 Å².